The molecule has 3 N–H and O–H groups in total. The highest BCUT2D eigenvalue weighted by Gasteiger charge is 2.26. The molecule has 1 unspecified atom stereocenters. The number of rotatable bonds is 6. The molecule has 1 saturated heterocycles. The van der Waals surface area contributed by atoms with Crippen LogP contribution in [0.2, 0.25) is 0 Å². The highest BCUT2D eigenvalue weighted by molar-refractivity contribution is 6.03. The van der Waals surface area contributed by atoms with E-state index >= 15 is 0 Å². The van der Waals surface area contributed by atoms with Gasteiger partial charge in [-0.25, -0.2) is 14.8 Å². The van der Waals surface area contributed by atoms with Crippen molar-refractivity contribution in [1.82, 2.24) is 30.0 Å². The van der Waals surface area contributed by atoms with Gasteiger partial charge in [-0.05, 0) is 61.7 Å². The van der Waals surface area contributed by atoms with Crippen LogP contribution in [0.4, 0.5) is 16.4 Å². The predicted octanol–water partition coefficient (Wildman–Crippen LogP) is 4.26. The molecule has 1 fully saturated rings. The van der Waals surface area contributed by atoms with E-state index in [1.807, 2.05) is 24.0 Å². The maximum Gasteiger partial charge on any atom is 0.319 e. The summed E-state index contributed by atoms with van der Waals surface area (Å²) in [6.07, 6.45) is 5.13. The lowest BCUT2D eigenvalue weighted by molar-refractivity contribution is 0.102. The van der Waals surface area contributed by atoms with Crippen LogP contribution in [-0.4, -0.2) is 75.1 Å². The number of aromatic nitrogens is 4. The number of nitrogens with one attached hydrogen (secondary N) is 3. The normalized spacial score (nSPS) is 15.2. The third-order valence-corrected chi connectivity index (χ3v) is 6.34. The average Bonchev–Trinajstić information content (AvgIpc) is 3.32. The molecule has 5 rings (SSSR count). The highest BCUT2D eigenvalue weighted by atomic mass is 16.5. The first-order valence-electron chi connectivity index (χ1n) is 12.4. The number of anilines is 2. The molecule has 38 heavy (non-hydrogen) atoms. The molecule has 1 aromatic carbocycles. The van der Waals surface area contributed by atoms with Gasteiger partial charge >= 0.3 is 6.03 Å². The molecule has 0 aliphatic carbocycles. The zero-order chi connectivity index (χ0) is 26.6. The Labute approximate surface area is 220 Å². The van der Waals surface area contributed by atoms with Gasteiger partial charge in [0.25, 0.3) is 5.91 Å². The second kappa shape index (κ2) is 10.8. The topological polar surface area (TPSA) is 128 Å². The standard InChI is InChI=1S/C27H30N8O3/c1-17-10-12-28-22(15-17)31-26(36)18-6-8-20(9-7-18)38-21-11-13-29-24-23(21)25(33-32-24)30-19-5-4-14-35(16-19)27(37)34(2)3/h6-13,15,19H,4-5,14,16H2,1-3H3,(H,28,31,36)(H2,29,30,32,33). The number of piperidine rings is 1. The summed E-state index contributed by atoms with van der Waals surface area (Å²) in [5.41, 5.74) is 2.09. The first-order chi connectivity index (χ1) is 18.4. The summed E-state index contributed by atoms with van der Waals surface area (Å²) in [4.78, 5) is 37.0. The first kappa shape index (κ1) is 25.0. The Morgan fingerprint density at radius 2 is 1.89 bits per heavy atom. The maximum atomic E-state index is 12.6. The molecule has 196 valence electrons. The van der Waals surface area contributed by atoms with Crippen LogP contribution >= 0.6 is 0 Å². The van der Waals surface area contributed by atoms with Gasteiger partial charge in [-0.1, -0.05) is 0 Å². The Balaban J connectivity index is 1.30. The van der Waals surface area contributed by atoms with Crippen molar-refractivity contribution < 1.29 is 14.3 Å². The molecule has 4 heterocycles. The van der Waals surface area contributed by atoms with Gasteiger partial charge in [-0.15, -0.1) is 0 Å². The minimum absolute atomic E-state index is 0.00125. The summed E-state index contributed by atoms with van der Waals surface area (Å²) < 4.78 is 6.18. The largest absolute Gasteiger partial charge is 0.456 e. The van der Waals surface area contributed by atoms with Crippen LogP contribution in [0.3, 0.4) is 0 Å². The van der Waals surface area contributed by atoms with Gasteiger partial charge in [0.05, 0.1) is 0 Å². The van der Waals surface area contributed by atoms with Crippen LogP contribution in [0.1, 0.15) is 28.8 Å². The fourth-order valence-electron chi connectivity index (χ4n) is 4.45. The van der Waals surface area contributed by atoms with Crippen molar-refractivity contribution in [3.8, 4) is 11.5 Å². The fourth-order valence-corrected chi connectivity index (χ4v) is 4.45. The molecular weight excluding hydrogens is 484 g/mol. The number of likely N-dealkylation sites (tertiary alicyclic amines) is 1. The van der Waals surface area contributed by atoms with Gasteiger partial charge in [0.15, 0.2) is 11.5 Å². The quantitative estimate of drug-likeness (QED) is 0.351. The summed E-state index contributed by atoms with van der Waals surface area (Å²) in [5.74, 6) is 2.01. The Kier molecular flexibility index (Phi) is 7.07. The number of urea groups is 1. The minimum atomic E-state index is -0.253. The number of benzene rings is 1. The molecule has 0 bridgehead atoms. The lowest BCUT2D eigenvalue weighted by Gasteiger charge is -2.34. The van der Waals surface area contributed by atoms with Crippen LogP contribution in [0.5, 0.6) is 11.5 Å². The SMILES string of the molecule is Cc1ccnc(NC(=O)c2ccc(Oc3ccnc4[nH]nc(NC5CCCN(C(=O)N(C)C)C5)c34)cc2)c1. The van der Waals surface area contributed by atoms with E-state index in [1.165, 1.54) is 0 Å². The van der Waals surface area contributed by atoms with Crippen LogP contribution in [-0.2, 0) is 0 Å². The smallest absolute Gasteiger partial charge is 0.319 e. The van der Waals surface area contributed by atoms with Crippen LogP contribution in [0.15, 0.2) is 54.9 Å². The summed E-state index contributed by atoms with van der Waals surface area (Å²) in [5, 5.41) is 14.4. The molecule has 0 spiro atoms. The van der Waals surface area contributed by atoms with E-state index in [2.05, 4.69) is 30.8 Å². The van der Waals surface area contributed by atoms with Gasteiger partial charge in [0.2, 0.25) is 0 Å². The molecule has 3 amide bonds. The lowest BCUT2D eigenvalue weighted by atomic mass is 10.1. The zero-order valence-electron chi connectivity index (χ0n) is 21.6. The molecule has 4 aromatic rings. The van der Waals surface area contributed by atoms with Crippen molar-refractivity contribution in [2.24, 2.45) is 0 Å². The number of pyridine rings is 2. The Bertz CT molecular complexity index is 1450. The average molecular weight is 515 g/mol. The highest BCUT2D eigenvalue weighted by Crippen LogP contribution is 2.33. The van der Waals surface area contributed by atoms with E-state index in [-0.39, 0.29) is 18.0 Å². The van der Waals surface area contributed by atoms with Crippen molar-refractivity contribution in [1.29, 1.82) is 0 Å². The molecule has 0 radical (unpaired) electrons. The molecule has 1 atom stereocenters. The van der Waals surface area contributed by atoms with E-state index in [1.54, 1.807) is 61.7 Å². The van der Waals surface area contributed by atoms with E-state index < -0.39 is 0 Å². The van der Waals surface area contributed by atoms with E-state index in [4.69, 9.17) is 4.74 Å². The number of carbonyl (C=O) groups excluding carboxylic acids is 2. The molecule has 11 heteroatoms. The maximum absolute atomic E-state index is 12.6. The first-order valence-corrected chi connectivity index (χ1v) is 12.4. The third-order valence-electron chi connectivity index (χ3n) is 6.34. The van der Waals surface area contributed by atoms with Crippen molar-refractivity contribution in [3.63, 3.8) is 0 Å². The van der Waals surface area contributed by atoms with Crippen molar-refractivity contribution in [3.05, 3.63) is 66.0 Å². The van der Waals surface area contributed by atoms with Crippen LogP contribution in [0.25, 0.3) is 11.0 Å². The number of nitrogens with zero attached hydrogens (tertiary/aromatic N) is 5. The molecule has 11 nitrogen and oxygen atoms in total. The second-order valence-electron chi connectivity index (χ2n) is 9.51. The number of H-pyrrole nitrogens is 1. The molecular formula is C27H30N8O3. The fraction of sp³-hybridized carbons (Fsp3) is 0.296. The van der Waals surface area contributed by atoms with Crippen LogP contribution in [0, 0.1) is 6.92 Å². The number of hydrogen-bond donors (Lipinski definition) is 3. The monoisotopic (exact) mass is 514 g/mol. The van der Waals surface area contributed by atoms with Crippen molar-refractivity contribution in [2.45, 2.75) is 25.8 Å². The second-order valence-corrected chi connectivity index (χ2v) is 9.51. The summed E-state index contributed by atoms with van der Waals surface area (Å²) in [7, 11) is 3.52. The number of carbonyl (C=O) groups is 2. The Hall–Kier alpha value is -4.67. The van der Waals surface area contributed by atoms with Gasteiger partial charge < -0.3 is 25.2 Å². The van der Waals surface area contributed by atoms with Crippen molar-refractivity contribution in [2.75, 3.05) is 37.8 Å². The predicted molar refractivity (Wildman–Crippen MR) is 145 cm³/mol. The summed E-state index contributed by atoms with van der Waals surface area (Å²) >= 11 is 0. The lowest BCUT2D eigenvalue weighted by Crippen LogP contribution is -2.48. The van der Waals surface area contributed by atoms with E-state index in [0.717, 1.165) is 30.3 Å². The van der Waals surface area contributed by atoms with E-state index in [0.29, 0.717) is 40.9 Å². The summed E-state index contributed by atoms with van der Waals surface area (Å²) in [6.45, 7) is 3.27. The number of aromatic amines is 1. The molecule has 0 saturated carbocycles. The molecule has 1 aliphatic heterocycles. The van der Waals surface area contributed by atoms with Gasteiger partial charge in [-0.3, -0.25) is 9.89 Å². The number of amides is 3. The summed E-state index contributed by atoms with van der Waals surface area (Å²) in [6, 6.07) is 12.4. The number of ether oxygens (including phenoxy) is 1. The minimum Gasteiger partial charge on any atom is -0.456 e. The molecule has 3 aromatic heterocycles. The molecule has 1 aliphatic rings. The zero-order valence-corrected chi connectivity index (χ0v) is 21.6. The van der Waals surface area contributed by atoms with Gasteiger partial charge in [0, 0.05) is 57.3 Å². The number of fused-ring (bicyclic) bond motifs is 1. The van der Waals surface area contributed by atoms with Crippen LogP contribution < -0.4 is 15.4 Å². The van der Waals surface area contributed by atoms with E-state index in [9.17, 15) is 9.59 Å². The number of hydrogen-bond acceptors (Lipinski definition) is 7. The third kappa shape index (κ3) is 5.51. The van der Waals surface area contributed by atoms with Gasteiger partial charge in [0.1, 0.15) is 22.7 Å². The Morgan fingerprint density at radius 1 is 1.11 bits per heavy atom. The van der Waals surface area contributed by atoms with Gasteiger partial charge in [-0.2, -0.15) is 5.10 Å². The van der Waals surface area contributed by atoms with Crippen molar-refractivity contribution >= 4 is 34.6 Å². The Morgan fingerprint density at radius 3 is 2.66 bits per heavy atom. The number of aryl methyl sites for hydroxylation is 1.